The number of hydrogen-bond acceptors (Lipinski definition) is 4. The summed E-state index contributed by atoms with van der Waals surface area (Å²) in [6, 6.07) is 1.79. The second-order valence-electron chi connectivity index (χ2n) is 5.25. The third-order valence-electron chi connectivity index (χ3n) is 3.32. The number of nitrogens with zero attached hydrogens (tertiary/aromatic N) is 1. The summed E-state index contributed by atoms with van der Waals surface area (Å²) in [7, 11) is -1.67. The van der Waals surface area contributed by atoms with Gasteiger partial charge in [-0.2, -0.15) is 4.31 Å². The summed E-state index contributed by atoms with van der Waals surface area (Å²) in [5, 5.41) is 5.21. The fraction of sp³-hybridized carbons (Fsp3) is 0.714. The number of sulfonamides is 1. The molecule has 1 unspecified atom stereocenters. The topological polar surface area (TPSA) is 49.4 Å². The van der Waals surface area contributed by atoms with Crippen molar-refractivity contribution in [2.24, 2.45) is 5.92 Å². The van der Waals surface area contributed by atoms with Crippen LogP contribution in [0.5, 0.6) is 0 Å². The van der Waals surface area contributed by atoms with Crippen molar-refractivity contribution in [2.75, 3.05) is 20.1 Å². The van der Waals surface area contributed by atoms with E-state index in [0.29, 0.717) is 16.7 Å². The van der Waals surface area contributed by atoms with Crippen molar-refractivity contribution in [1.82, 2.24) is 9.62 Å². The summed E-state index contributed by atoms with van der Waals surface area (Å²) >= 11 is 1.31. The smallest absolute Gasteiger partial charge is 0.252 e. The van der Waals surface area contributed by atoms with Gasteiger partial charge in [0.2, 0.25) is 0 Å². The van der Waals surface area contributed by atoms with E-state index < -0.39 is 10.0 Å². The zero-order valence-electron chi connectivity index (χ0n) is 12.8. The van der Waals surface area contributed by atoms with Crippen LogP contribution in [0, 0.1) is 5.92 Å². The van der Waals surface area contributed by atoms with Gasteiger partial charge < -0.3 is 5.32 Å². The Balaban J connectivity index is 2.72. The quantitative estimate of drug-likeness (QED) is 0.712. The molecule has 0 fully saturated rings. The van der Waals surface area contributed by atoms with Gasteiger partial charge in [-0.25, -0.2) is 8.42 Å². The molecule has 1 rings (SSSR count). The number of hydrogen-bond donors (Lipinski definition) is 1. The fourth-order valence-electron chi connectivity index (χ4n) is 1.81. The van der Waals surface area contributed by atoms with Crippen LogP contribution in [-0.4, -0.2) is 32.9 Å². The minimum absolute atomic E-state index is 0.375. The van der Waals surface area contributed by atoms with Crippen LogP contribution >= 0.6 is 11.3 Å². The average molecular weight is 319 g/mol. The predicted octanol–water partition coefficient (Wildman–Crippen LogP) is 2.91. The van der Waals surface area contributed by atoms with Gasteiger partial charge in [0.1, 0.15) is 4.21 Å². The first-order valence-electron chi connectivity index (χ1n) is 7.16. The third kappa shape index (κ3) is 4.84. The van der Waals surface area contributed by atoms with Crippen molar-refractivity contribution >= 4 is 21.4 Å². The van der Waals surface area contributed by atoms with Gasteiger partial charge in [-0.1, -0.05) is 27.2 Å². The van der Waals surface area contributed by atoms with E-state index >= 15 is 0 Å². The van der Waals surface area contributed by atoms with E-state index in [-0.39, 0.29) is 0 Å². The lowest BCUT2D eigenvalue weighted by molar-refractivity contribution is 0.394. The Morgan fingerprint density at radius 3 is 2.70 bits per heavy atom. The lowest BCUT2D eigenvalue weighted by Gasteiger charge is -2.19. The number of nitrogens with one attached hydrogen (secondary N) is 1. The minimum Gasteiger partial charge on any atom is -0.313 e. The molecule has 6 heteroatoms. The molecule has 0 aliphatic rings. The molecule has 116 valence electrons. The van der Waals surface area contributed by atoms with Crippen LogP contribution in [0.1, 0.15) is 39.2 Å². The zero-order chi connectivity index (χ0) is 15.2. The maximum Gasteiger partial charge on any atom is 0.252 e. The van der Waals surface area contributed by atoms with Gasteiger partial charge in [-0.15, -0.1) is 11.3 Å². The largest absolute Gasteiger partial charge is 0.313 e. The summed E-state index contributed by atoms with van der Waals surface area (Å²) in [5.41, 5.74) is 1.04. The van der Waals surface area contributed by atoms with Crippen LogP contribution in [0.15, 0.2) is 15.7 Å². The predicted molar refractivity (Wildman–Crippen MR) is 85.6 cm³/mol. The Labute approximate surface area is 127 Å². The van der Waals surface area contributed by atoms with Crippen LogP contribution < -0.4 is 5.32 Å². The highest BCUT2D eigenvalue weighted by molar-refractivity contribution is 7.91. The Morgan fingerprint density at radius 1 is 1.40 bits per heavy atom. The molecule has 1 aromatic heterocycles. The molecule has 1 N–H and O–H groups in total. The van der Waals surface area contributed by atoms with E-state index in [1.165, 1.54) is 15.6 Å². The van der Waals surface area contributed by atoms with E-state index in [1.54, 1.807) is 13.1 Å². The normalized spacial score (nSPS) is 13.8. The second kappa shape index (κ2) is 8.12. The summed E-state index contributed by atoms with van der Waals surface area (Å²) in [6.45, 7) is 8.51. The highest BCUT2D eigenvalue weighted by atomic mass is 32.2. The van der Waals surface area contributed by atoms with Crippen LogP contribution in [0.25, 0.3) is 0 Å². The number of rotatable bonds is 9. The van der Waals surface area contributed by atoms with Gasteiger partial charge in [-0.3, -0.25) is 0 Å². The Kier molecular flexibility index (Phi) is 7.15. The molecule has 0 saturated heterocycles. The summed E-state index contributed by atoms with van der Waals surface area (Å²) < 4.78 is 26.8. The van der Waals surface area contributed by atoms with Crippen molar-refractivity contribution in [2.45, 2.75) is 44.4 Å². The van der Waals surface area contributed by atoms with Crippen molar-refractivity contribution < 1.29 is 8.42 Å². The molecule has 0 aliphatic carbocycles. The van der Waals surface area contributed by atoms with Crippen molar-refractivity contribution in [1.29, 1.82) is 0 Å². The maximum atomic E-state index is 12.4. The Morgan fingerprint density at radius 2 is 2.10 bits per heavy atom. The molecule has 0 spiro atoms. The van der Waals surface area contributed by atoms with Gasteiger partial charge in [0, 0.05) is 20.1 Å². The molecular formula is C14H26N2O2S2. The molecule has 1 heterocycles. The molecular weight excluding hydrogens is 292 g/mol. The first-order chi connectivity index (χ1) is 9.41. The van der Waals surface area contributed by atoms with Crippen LogP contribution in [0.3, 0.4) is 0 Å². The molecule has 0 bridgehead atoms. The van der Waals surface area contributed by atoms with Crippen molar-refractivity contribution in [3.63, 3.8) is 0 Å². The van der Waals surface area contributed by atoms with Crippen LogP contribution in [0.4, 0.5) is 0 Å². The molecule has 1 aromatic rings. The lowest BCUT2D eigenvalue weighted by Crippen LogP contribution is -2.30. The number of thiophene rings is 1. The van der Waals surface area contributed by atoms with E-state index in [4.69, 9.17) is 0 Å². The average Bonchev–Trinajstić information content (AvgIpc) is 2.88. The molecule has 0 saturated carbocycles. The monoisotopic (exact) mass is 318 g/mol. The van der Waals surface area contributed by atoms with Gasteiger partial charge in [0.25, 0.3) is 10.0 Å². The van der Waals surface area contributed by atoms with E-state index in [0.717, 1.165) is 31.5 Å². The van der Waals surface area contributed by atoms with Gasteiger partial charge in [-0.05, 0) is 35.9 Å². The molecule has 4 nitrogen and oxygen atoms in total. The molecule has 20 heavy (non-hydrogen) atoms. The van der Waals surface area contributed by atoms with Crippen molar-refractivity contribution in [3.05, 3.63) is 17.0 Å². The highest BCUT2D eigenvalue weighted by Crippen LogP contribution is 2.24. The van der Waals surface area contributed by atoms with Gasteiger partial charge in [0.05, 0.1) is 0 Å². The van der Waals surface area contributed by atoms with Crippen molar-refractivity contribution in [3.8, 4) is 0 Å². The first-order valence-corrected chi connectivity index (χ1v) is 9.48. The zero-order valence-corrected chi connectivity index (χ0v) is 14.5. The Bertz CT molecular complexity index is 497. The molecule has 0 aromatic carbocycles. The summed E-state index contributed by atoms with van der Waals surface area (Å²) in [4.78, 5) is 0. The van der Waals surface area contributed by atoms with E-state index in [9.17, 15) is 8.42 Å². The fourth-order valence-corrected chi connectivity index (χ4v) is 4.52. The van der Waals surface area contributed by atoms with Gasteiger partial charge >= 0.3 is 0 Å². The highest BCUT2D eigenvalue weighted by Gasteiger charge is 2.23. The Hall–Kier alpha value is -0.430. The summed E-state index contributed by atoms with van der Waals surface area (Å²) in [6.07, 6.45) is 2.06. The molecule has 0 radical (unpaired) electrons. The summed E-state index contributed by atoms with van der Waals surface area (Å²) in [5.74, 6) is 0.375. The molecule has 0 aliphatic heterocycles. The maximum absolute atomic E-state index is 12.4. The van der Waals surface area contributed by atoms with Crippen LogP contribution in [0.2, 0.25) is 0 Å². The molecule has 1 atom stereocenters. The second-order valence-corrected chi connectivity index (χ2v) is 8.43. The third-order valence-corrected chi connectivity index (χ3v) is 6.60. The molecule has 0 amide bonds. The van der Waals surface area contributed by atoms with E-state index in [2.05, 4.69) is 26.1 Å². The van der Waals surface area contributed by atoms with Gasteiger partial charge in [0.15, 0.2) is 0 Å². The minimum atomic E-state index is -3.33. The standard InChI is InChI=1S/C14H26N2O2S2/c1-5-7-15-9-13-8-14(19-11-13)20(17,18)16(4)10-12(3)6-2/h8,11-12,15H,5-7,9-10H2,1-4H3. The SMILES string of the molecule is CCCNCc1csc(S(=O)(=O)N(C)CC(C)CC)c1. The first kappa shape index (κ1) is 17.6. The van der Waals surface area contributed by atoms with E-state index in [1.807, 2.05) is 5.38 Å². The van der Waals surface area contributed by atoms with Crippen LogP contribution in [-0.2, 0) is 16.6 Å². The lowest BCUT2D eigenvalue weighted by atomic mass is 10.1.